The topological polar surface area (TPSA) is 55.1 Å². The first kappa shape index (κ1) is 11.5. The van der Waals surface area contributed by atoms with Crippen LogP contribution < -0.4 is 5.32 Å². The van der Waals surface area contributed by atoms with Crippen LogP contribution in [0.2, 0.25) is 0 Å². The number of aromatic nitrogens is 1. The number of nitrogens with zero attached hydrogens (tertiary/aromatic N) is 1. The van der Waals surface area contributed by atoms with E-state index in [2.05, 4.69) is 10.3 Å². The Hall–Kier alpha value is -2.62. The highest BCUT2D eigenvalue weighted by Gasteiger charge is 2.12. The number of benzene rings is 1. The third kappa shape index (κ3) is 2.47. The highest BCUT2D eigenvalue weighted by Crippen LogP contribution is 2.16. The van der Waals surface area contributed by atoms with Crippen LogP contribution in [0.15, 0.2) is 59.1 Å². The predicted molar refractivity (Wildman–Crippen MR) is 71.6 cm³/mol. The number of carbonyl (C=O) groups is 1. The van der Waals surface area contributed by atoms with Crippen LogP contribution in [0.3, 0.4) is 0 Å². The Balaban J connectivity index is 1.73. The molecule has 0 spiro atoms. The van der Waals surface area contributed by atoms with Crippen LogP contribution in [0.5, 0.6) is 0 Å². The second kappa shape index (κ2) is 4.94. The lowest BCUT2D eigenvalue weighted by molar-refractivity contribution is 0.0925. The fourth-order valence-electron chi connectivity index (χ4n) is 1.85. The Morgan fingerprint density at radius 2 is 2.00 bits per heavy atom. The van der Waals surface area contributed by atoms with Crippen molar-refractivity contribution >= 4 is 17.0 Å². The van der Waals surface area contributed by atoms with Crippen LogP contribution in [0.25, 0.3) is 11.1 Å². The smallest absolute Gasteiger partial charge is 0.287 e. The molecule has 4 nitrogen and oxygen atoms in total. The minimum absolute atomic E-state index is 0.234. The summed E-state index contributed by atoms with van der Waals surface area (Å²) in [6.45, 7) is 0.476. The first-order valence-corrected chi connectivity index (χ1v) is 5.99. The van der Waals surface area contributed by atoms with Crippen LogP contribution in [-0.2, 0) is 6.54 Å². The van der Waals surface area contributed by atoms with E-state index >= 15 is 0 Å². The van der Waals surface area contributed by atoms with Crippen molar-refractivity contribution in [3.63, 3.8) is 0 Å². The number of hydrogen-bond donors (Lipinski definition) is 1. The summed E-state index contributed by atoms with van der Waals surface area (Å²) in [7, 11) is 0. The number of carbonyl (C=O) groups excluding carboxylic acids is 1. The average molecular weight is 252 g/mol. The molecular weight excluding hydrogens is 240 g/mol. The molecule has 19 heavy (non-hydrogen) atoms. The summed E-state index contributed by atoms with van der Waals surface area (Å²) in [5.74, 6) is 0.0477. The molecule has 0 atom stereocenters. The number of fused-ring (bicyclic) bond motifs is 1. The van der Waals surface area contributed by atoms with Crippen LogP contribution in [-0.4, -0.2) is 10.9 Å². The van der Waals surface area contributed by atoms with Gasteiger partial charge in [0.25, 0.3) is 5.91 Å². The van der Waals surface area contributed by atoms with Gasteiger partial charge >= 0.3 is 0 Å². The summed E-state index contributed by atoms with van der Waals surface area (Å²) in [4.78, 5) is 16.1. The van der Waals surface area contributed by atoms with Gasteiger partial charge < -0.3 is 9.73 Å². The predicted octanol–water partition coefficient (Wildman–Crippen LogP) is 2.76. The Morgan fingerprint density at radius 1 is 1.16 bits per heavy atom. The van der Waals surface area contributed by atoms with Gasteiger partial charge in [-0.15, -0.1) is 0 Å². The molecule has 0 aliphatic rings. The van der Waals surface area contributed by atoms with Gasteiger partial charge in [0.1, 0.15) is 5.52 Å². The zero-order valence-electron chi connectivity index (χ0n) is 10.2. The minimum atomic E-state index is -0.234. The molecule has 1 N–H and O–H groups in total. The number of amides is 1. The normalized spacial score (nSPS) is 10.5. The molecule has 0 unspecified atom stereocenters. The van der Waals surface area contributed by atoms with E-state index < -0.39 is 0 Å². The lowest BCUT2D eigenvalue weighted by Gasteiger charge is -2.02. The van der Waals surface area contributed by atoms with Crippen LogP contribution in [0, 0.1) is 0 Å². The van der Waals surface area contributed by atoms with Gasteiger partial charge in [0.15, 0.2) is 11.3 Å². The van der Waals surface area contributed by atoms with Crippen LogP contribution >= 0.6 is 0 Å². The summed E-state index contributed by atoms with van der Waals surface area (Å²) in [6, 6.07) is 14.9. The Morgan fingerprint density at radius 3 is 2.79 bits per heavy atom. The van der Waals surface area contributed by atoms with Gasteiger partial charge in [-0.05, 0) is 17.7 Å². The molecule has 0 saturated heterocycles. The van der Waals surface area contributed by atoms with E-state index in [9.17, 15) is 4.79 Å². The lowest BCUT2D eigenvalue weighted by Crippen LogP contribution is -2.22. The largest absolute Gasteiger partial charge is 0.449 e. The summed E-state index contributed by atoms with van der Waals surface area (Å²) in [6.07, 6.45) is 1.67. The third-order valence-corrected chi connectivity index (χ3v) is 2.81. The van der Waals surface area contributed by atoms with Crippen molar-refractivity contribution < 1.29 is 9.21 Å². The fraction of sp³-hybridized carbons (Fsp3) is 0.0667. The zero-order chi connectivity index (χ0) is 13.1. The van der Waals surface area contributed by atoms with Gasteiger partial charge in [-0.3, -0.25) is 9.78 Å². The van der Waals surface area contributed by atoms with Gasteiger partial charge in [-0.25, -0.2) is 0 Å². The van der Waals surface area contributed by atoms with Crippen molar-refractivity contribution in [2.24, 2.45) is 0 Å². The van der Waals surface area contributed by atoms with E-state index in [1.54, 1.807) is 24.4 Å². The van der Waals surface area contributed by atoms with E-state index in [0.29, 0.717) is 17.6 Å². The van der Waals surface area contributed by atoms with Crippen molar-refractivity contribution in [3.05, 3.63) is 66.1 Å². The summed E-state index contributed by atoms with van der Waals surface area (Å²) < 4.78 is 5.44. The molecule has 2 heterocycles. The first-order valence-electron chi connectivity index (χ1n) is 5.99. The third-order valence-electron chi connectivity index (χ3n) is 2.81. The molecule has 1 amide bonds. The summed E-state index contributed by atoms with van der Waals surface area (Å²) in [5, 5.41) is 2.82. The summed E-state index contributed by atoms with van der Waals surface area (Å²) in [5.41, 5.74) is 2.35. The minimum Gasteiger partial charge on any atom is -0.449 e. The SMILES string of the molecule is O=C(NCc1ccccc1)c1cc2ncccc2o1. The lowest BCUT2D eigenvalue weighted by atomic mass is 10.2. The van der Waals surface area contributed by atoms with Gasteiger partial charge in [-0.1, -0.05) is 30.3 Å². The molecule has 4 heteroatoms. The monoisotopic (exact) mass is 252 g/mol. The zero-order valence-corrected chi connectivity index (χ0v) is 10.2. The van der Waals surface area contributed by atoms with Crippen LogP contribution in [0.1, 0.15) is 16.1 Å². The Labute approximate surface area is 110 Å². The molecule has 3 aromatic rings. The molecule has 94 valence electrons. The number of pyridine rings is 1. The van der Waals surface area contributed by atoms with E-state index in [1.165, 1.54) is 0 Å². The van der Waals surface area contributed by atoms with Crippen molar-refractivity contribution in [2.75, 3.05) is 0 Å². The van der Waals surface area contributed by atoms with E-state index in [-0.39, 0.29) is 11.7 Å². The molecule has 3 rings (SSSR count). The average Bonchev–Trinajstić information content (AvgIpc) is 2.90. The maximum Gasteiger partial charge on any atom is 0.287 e. The van der Waals surface area contributed by atoms with E-state index in [1.807, 2.05) is 30.3 Å². The van der Waals surface area contributed by atoms with Gasteiger partial charge in [-0.2, -0.15) is 0 Å². The highest BCUT2D eigenvalue weighted by atomic mass is 16.3. The number of furan rings is 1. The number of nitrogens with one attached hydrogen (secondary N) is 1. The van der Waals surface area contributed by atoms with Crippen molar-refractivity contribution in [3.8, 4) is 0 Å². The molecule has 0 saturated carbocycles. The van der Waals surface area contributed by atoms with Gasteiger partial charge in [0.2, 0.25) is 0 Å². The van der Waals surface area contributed by atoms with Crippen molar-refractivity contribution in [1.29, 1.82) is 0 Å². The Kier molecular flexibility index (Phi) is 2.98. The van der Waals surface area contributed by atoms with Crippen molar-refractivity contribution in [1.82, 2.24) is 10.3 Å². The van der Waals surface area contributed by atoms with E-state index in [4.69, 9.17) is 4.42 Å². The molecule has 0 bridgehead atoms. The molecule has 1 aromatic carbocycles. The number of rotatable bonds is 3. The molecule has 2 aromatic heterocycles. The maximum atomic E-state index is 12.0. The van der Waals surface area contributed by atoms with Gasteiger partial charge in [0, 0.05) is 18.8 Å². The van der Waals surface area contributed by atoms with Gasteiger partial charge in [0.05, 0.1) is 0 Å². The quantitative estimate of drug-likeness (QED) is 0.779. The molecule has 0 aliphatic heterocycles. The number of hydrogen-bond acceptors (Lipinski definition) is 3. The first-order chi connectivity index (χ1) is 9.33. The molecule has 0 aliphatic carbocycles. The summed E-state index contributed by atoms with van der Waals surface area (Å²) >= 11 is 0. The molecule has 0 fully saturated rings. The highest BCUT2D eigenvalue weighted by molar-refractivity contribution is 5.95. The van der Waals surface area contributed by atoms with E-state index in [0.717, 1.165) is 5.56 Å². The Bertz CT molecular complexity index is 671. The second-order valence-electron chi connectivity index (χ2n) is 4.17. The standard InChI is InChI=1S/C15H12N2O2/c18-15(17-10-11-5-2-1-3-6-11)14-9-12-13(19-14)7-4-8-16-12/h1-9H,10H2,(H,17,18). The second-order valence-corrected chi connectivity index (χ2v) is 4.17. The maximum absolute atomic E-state index is 12.0. The fourth-order valence-corrected chi connectivity index (χ4v) is 1.85. The van der Waals surface area contributed by atoms with Crippen molar-refractivity contribution in [2.45, 2.75) is 6.54 Å². The molecular formula is C15H12N2O2. The van der Waals surface area contributed by atoms with Crippen LogP contribution in [0.4, 0.5) is 0 Å². The molecule has 0 radical (unpaired) electrons.